The first-order valence-electron chi connectivity index (χ1n) is 6.48. The van der Waals surface area contributed by atoms with Gasteiger partial charge in [-0.3, -0.25) is 0 Å². The minimum absolute atomic E-state index is 0.0364. The number of hydrogen-bond acceptors (Lipinski definition) is 3. The summed E-state index contributed by atoms with van der Waals surface area (Å²) in [6.07, 6.45) is -4.47. The lowest BCUT2D eigenvalue weighted by molar-refractivity contribution is -0.136. The molecule has 1 heterocycles. The molecule has 3 nitrogen and oxygen atoms in total. The molecule has 0 radical (unpaired) electrons. The smallest absolute Gasteiger partial charge is 0.398 e. The number of hydrogen-bond donors (Lipinski definition) is 1. The highest BCUT2D eigenvalue weighted by Crippen LogP contribution is 2.37. The minimum Gasteiger partial charge on any atom is -0.398 e. The Labute approximate surface area is 116 Å². The van der Waals surface area contributed by atoms with E-state index in [0.29, 0.717) is 18.8 Å². The lowest BCUT2D eigenvalue weighted by atomic mass is 10.0. The third-order valence-electron chi connectivity index (χ3n) is 3.28. The van der Waals surface area contributed by atoms with Crippen LogP contribution in [0.5, 0.6) is 0 Å². The third kappa shape index (κ3) is 3.17. The van der Waals surface area contributed by atoms with Gasteiger partial charge in [-0.2, -0.15) is 13.2 Å². The van der Waals surface area contributed by atoms with Crippen molar-refractivity contribution in [3.8, 4) is 0 Å². The number of alkyl halides is 3. The summed E-state index contributed by atoms with van der Waals surface area (Å²) >= 11 is 0. The standard InChI is InChI=1S/C14H19F3N2O/c1-9-7-19(8-13(2,3)20-9)10-4-5-12(18)11(6-10)14(15,16)17/h4-6,9H,7-8,18H2,1-3H3. The van der Waals surface area contributed by atoms with Gasteiger partial charge in [-0.1, -0.05) is 0 Å². The number of nitrogen functional groups attached to an aromatic ring is 1. The predicted molar refractivity (Wildman–Crippen MR) is 72.7 cm³/mol. The maximum absolute atomic E-state index is 12.9. The number of nitrogens with two attached hydrogens (primary N) is 1. The normalized spacial score (nSPS) is 22.9. The molecule has 0 bridgehead atoms. The molecule has 112 valence electrons. The van der Waals surface area contributed by atoms with Crippen LogP contribution in [0.1, 0.15) is 26.3 Å². The average Bonchev–Trinajstić information content (AvgIpc) is 2.25. The number of halogens is 3. The van der Waals surface area contributed by atoms with Crippen LogP contribution in [0.3, 0.4) is 0 Å². The molecule has 0 saturated carbocycles. The van der Waals surface area contributed by atoms with Gasteiger partial charge in [0.1, 0.15) is 0 Å². The van der Waals surface area contributed by atoms with Crippen LogP contribution in [0.4, 0.5) is 24.5 Å². The van der Waals surface area contributed by atoms with Crippen molar-refractivity contribution >= 4 is 11.4 Å². The van der Waals surface area contributed by atoms with E-state index in [1.54, 1.807) is 6.07 Å². The van der Waals surface area contributed by atoms with Gasteiger partial charge in [0.25, 0.3) is 0 Å². The zero-order chi connectivity index (χ0) is 15.1. The summed E-state index contributed by atoms with van der Waals surface area (Å²) in [6, 6.07) is 4.05. The van der Waals surface area contributed by atoms with Gasteiger partial charge in [0, 0.05) is 24.5 Å². The maximum Gasteiger partial charge on any atom is 0.418 e. The molecule has 0 spiro atoms. The molecular formula is C14H19F3N2O. The van der Waals surface area contributed by atoms with Gasteiger partial charge in [0.05, 0.1) is 17.3 Å². The fourth-order valence-corrected chi connectivity index (χ4v) is 2.64. The van der Waals surface area contributed by atoms with Gasteiger partial charge in [-0.15, -0.1) is 0 Å². The van der Waals surface area contributed by atoms with Crippen molar-refractivity contribution in [1.82, 2.24) is 0 Å². The Morgan fingerprint density at radius 2 is 2.00 bits per heavy atom. The SMILES string of the molecule is CC1CN(c2ccc(N)c(C(F)(F)F)c2)CC(C)(C)O1. The van der Waals surface area contributed by atoms with Crippen molar-refractivity contribution in [2.45, 2.75) is 38.7 Å². The molecule has 0 aliphatic carbocycles. The number of anilines is 2. The van der Waals surface area contributed by atoms with Crippen molar-refractivity contribution in [3.63, 3.8) is 0 Å². The summed E-state index contributed by atoms with van der Waals surface area (Å²) in [5, 5.41) is 0. The van der Waals surface area contributed by atoms with E-state index in [-0.39, 0.29) is 11.8 Å². The summed E-state index contributed by atoms with van der Waals surface area (Å²) in [6.45, 7) is 6.87. The number of morpholine rings is 1. The zero-order valence-corrected chi connectivity index (χ0v) is 11.8. The minimum atomic E-state index is -4.44. The van der Waals surface area contributed by atoms with Crippen molar-refractivity contribution in [3.05, 3.63) is 23.8 Å². The topological polar surface area (TPSA) is 38.5 Å². The van der Waals surface area contributed by atoms with Crippen LogP contribution < -0.4 is 10.6 Å². The number of ether oxygens (including phenoxy) is 1. The van der Waals surface area contributed by atoms with E-state index in [1.807, 2.05) is 25.7 Å². The second kappa shape index (κ2) is 4.84. The van der Waals surface area contributed by atoms with Crippen LogP contribution in [0, 0.1) is 0 Å². The molecule has 1 saturated heterocycles. The van der Waals surface area contributed by atoms with Gasteiger partial charge in [0.2, 0.25) is 0 Å². The summed E-state index contributed by atoms with van der Waals surface area (Å²) in [5.41, 5.74) is 4.52. The Morgan fingerprint density at radius 1 is 1.35 bits per heavy atom. The van der Waals surface area contributed by atoms with E-state index >= 15 is 0 Å². The maximum atomic E-state index is 12.9. The first-order chi connectivity index (χ1) is 9.08. The Morgan fingerprint density at radius 3 is 2.55 bits per heavy atom. The first kappa shape index (κ1) is 15.0. The van der Waals surface area contributed by atoms with E-state index in [1.165, 1.54) is 6.07 Å². The molecule has 1 atom stereocenters. The molecule has 1 aromatic rings. The Bertz CT molecular complexity index is 500. The van der Waals surface area contributed by atoms with Gasteiger partial charge < -0.3 is 15.4 Å². The molecule has 20 heavy (non-hydrogen) atoms. The molecule has 0 aromatic heterocycles. The molecule has 1 fully saturated rings. The number of nitrogens with zero attached hydrogens (tertiary/aromatic N) is 1. The van der Waals surface area contributed by atoms with Gasteiger partial charge in [-0.25, -0.2) is 0 Å². The molecule has 6 heteroatoms. The van der Waals surface area contributed by atoms with E-state index in [0.717, 1.165) is 6.07 Å². The van der Waals surface area contributed by atoms with Crippen molar-refractivity contribution in [2.24, 2.45) is 0 Å². The Balaban J connectivity index is 2.34. The monoisotopic (exact) mass is 288 g/mol. The zero-order valence-electron chi connectivity index (χ0n) is 11.8. The molecule has 1 unspecified atom stereocenters. The van der Waals surface area contributed by atoms with E-state index in [9.17, 15) is 13.2 Å². The van der Waals surface area contributed by atoms with Crippen LogP contribution in [0.25, 0.3) is 0 Å². The highest BCUT2D eigenvalue weighted by atomic mass is 19.4. The second-order valence-electron chi connectivity index (χ2n) is 5.84. The molecule has 1 aliphatic rings. The fraction of sp³-hybridized carbons (Fsp3) is 0.571. The number of rotatable bonds is 1. The number of benzene rings is 1. The Kier molecular flexibility index (Phi) is 3.62. The molecular weight excluding hydrogens is 269 g/mol. The quantitative estimate of drug-likeness (QED) is 0.806. The molecule has 0 amide bonds. The van der Waals surface area contributed by atoms with Crippen LogP contribution in [-0.4, -0.2) is 24.8 Å². The van der Waals surface area contributed by atoms with E-state index in [4.69, 9.17) is 10.5 Å². The molecule has 1 aromatic carbocycles. The van der Waals surface area contributed by atoms with Crippen molar-refractivity contribution in [1.29, 1.82) is 0 Å². The van der Waals surface area contributed by atoms with Crippen LogP contribution in [0.2, 0.25) is 0 Å². The van der Waals surface area contributed by atoms with Gasteiger partial charge in [-0.05, 0) is 39.0 Å². The third-order valence-corrected chi connectivity index (χ3v) is 3.28. The lowest BCUT2D eigenvalue weighted by Gasteiger charge is -2.43. The van der Waals surface area contributed by atoms with E-state index < -0.39 is 17.3 Å². The fourth-order valence-electron chi connectivity index (χ4n) is 2.64. The average molecular weight is 288 g/mol. The van der Waals surface area contributed by atoms with Gasteiger partial charge in [0.15, 0.2) is 0 Å². The van der Waals surface area contributed by atoms with E-state index in [2.05, 4.69) is 0 Å². The van der Waals surface area contributed by atoms with Crippen molar-refractivity contribution < 1.29 is 17.9 Å². The summed E-state index contributed by atoms with van der Waals surface area (Å²) < 4.78 is 44.5. The summed E-state index contributed by atoms with van der Waals surface area (Å²) in [7, 11) is 0. The second-order valence-corrected chi connectivity index (χ2v) is 5.84. The lowest BCUT2D eigenvalue weighted by Crippen LogP contribution is -2.52. The summed E-state index contributed by atoms with van der Waals surface area (Å²) in [4.78, 5) is 1.91. The highest BCUT2D eigenvalue weighted by Gasteiger charge is 2.35. The molecule has 2 N–H and O–H groups in total. The van der Waals surface area contributed by atoms with Crippen LogP contribution >= 0.6 is 0 Å². The largest absolute Gasteiger partial charge is 0.418 e. The predicted octanol–water partition coefficient (Wildman–Crippen LogP) is 3.29. The Hall–Kier alpha value is -1.43. The molecule has 1 aliphatic heterocycles. The summed E-state index contributed by atoms with van der Waals surface area (Å²) in [5.74, 6) is 0. The van der Waals surface area contributed by atoms with Gasteiger partial charge >= 0.3 is 6.18 Å². The van der Waals surface area contributed by atoms with Crippen LogP contribution in [0.15, 0.2) is 18.2 Å². The first-order valence-corrected chi connectivity index (χ1v) is 6.48. The van der Waals surface area contributed by atoms with Crippen LogP contribution in [-0.2, 0) is 10.9 Å². The van der Waals surface area contributed by atoms with Crippen molar-refractivity contribution in [2.75, 3.05) is 23.7 Å². The highest BCUT2D eigenvalue weighted by molar-refractivity contribution is 5.60. The molecule has 2 rings (SSSR count).